The molecule has 0 saturated heterocycles. The third kappa shape index (κ3) is 4.91. The van der Waals surface area contributed by atoms with Gasteiger partial charge in [0.25, 0.3) is 0 Å². The molecule has 0 heterocycles. The Hall–Kier alpha value is -1.80. The van der Waals surface area contributed by atoms with Gasteiger partial charge in [0, 0.05) is 18.8 Å². The fourth-order valence-electron chi connectivity index (χ4n) is 2.40. The zero-order valence-corrected chi connectivity index (χ0v) is 13.4. The average molecular weight is 282 g/mol. The third-order valence-electron chi connectivity index (χ3n) is 3.84. The molecule has 0 atom stereocenters. The van der Waals surface area contributed by atoms with Gasteiger partial charge >= 0.3 is 0 Å². The monoisotopic (exact) mass is 282 g/mol. The van der Waals surface area contributed by atoms with Crippen LogP contribution in [0.4, 0.5) is 5.69 Å². The van der Waals surface area contributed by atoms with E-state index in [2.05, 4.69) is 79.5 Å². The summed E-state index contributed by atoms with van der Waals surface area (Å²) in [5.74, 6) is 0. The van der Waals surface area contributed by atoms with E-state index in [1.165, 1.54) is 22.4 Å². The summed E-state index contributed by atoms with van der Waals surface area (Å²) in [6.45, 7) is 10.6. The Morgan fingerprint density at radius 2 is 1.62 bits per heavy atom. The molecule has 2 heteroatoms. The van der Waals surface area contributed by atoms with Gasteiger partial charge in [-0.25, -0.2) is 0 Å². The second kappa shape index (κ2) is 7.84. The van der Waals surface area contributed by atoms with Gasteiger partial charge in [0.1, 0.15) is 0 Å². The van der Waals surface area contributed by atoms with Gasteiger partial charge in [0.05, 0.1) is 0 Å². The van der Waals surface area contributed by atoms with Crippen LogP contribution in [0, 0.1) is 6.92 Å². The van der Waals surface area contributed by atoms with Gasteiger partial charge in [-0.1, -0.05) is 55.8 Å². The number of rotatable bonds is 7. The van der Waals surface area contributed by atoms with E-state index in [1.807, 2.05) is 0 Å². The van der Waals surface area contributed by atoms with E-state index in [-0.39, 0.29) is 0 Å². The lowest BCUT2D eigenvalue weighted by molar-refractivity contribution is 0.296. The van der Waals surface area contributed by atoms with Crippen LogP contribution in [0.2, 0.25) is 0 Å². The Kier molecular flexibility index (Phi) is 5.82. The van der Waals surface area contributed by atoms with Crippen molar-refractivity contribution in [1.29, 1.82) is 0 Å². The Morgan fingerprint density at radius 3 is 2.29 bits per heavy atom. The molecule has 1 N–H and O–H groups in total. The normalized spacial score (nSPS) is 10.9. The van der Waals surface area contributed by atoms with Gasteiger partial charge < -0.3 is 5.32 Å². The number of hydrogen-bond acceptors (Lipinski definition) is 2. The Morgan fingerprint density at radius 1 is 0.905 bits per heavy atom. The molecule has 2 aromatic carbocycles. The number of nitrogens with one attached hydrogen (secondary N) is 1. The highest BCUT2D eigenvalue weighted by atomic mass is 15.1. The van der Waals surface area contributed by atoms with E-state index >= 15 is 0 Å². The molecule has 0 unspecified atom stereocenters. The first-order valence-corrected chi connectivity index (χ1v) is 7.82. The van der Waals surface area contributed by atoms with Gasteiger partial charge in [-0.15, -0.1) is 0 Å². The Balaban J connectivity index is 1.95. The van der Waals surface area contributed by atoms with Crippen LogP contribution in [0.5, 0.6) is 0 Å². The first-order chi connectivity index (χ1) is 10.2. The molecule has 0 spiro atoms. The third-order valence-corrected chi connectivity index (χ3v) is 3.84. The molecular formula is C19H26N2. The van der Waals surface area contributed by atoms with Crippen molar-refractivity contribution < 1.29 is 0 Å². The quantitative estimate of drug-likeness (QED) is 0.807. The van der Waals surface area contributed by atoms with Crippen molar-refractivity contribution in [2.75, 3.05) is 18.4 Å². The van der Waals surface area contributed by atoms with Crippen molar-refractivity contribution in [3.05, 3.63) is 65.2 Å². The summed E-state index contributed by atoms with van der Waals surface area (Å²) in [4.78, 5) is 2.43. The zero-order chi connectivity index (χ0) is 15.1. The van der Waals surface area contributed by atoms with Gasteiger partial charge in [-0.3, -0.25) is 4.90 Å². The van der Waals surface area contributed by atoms with Crippen LogP contribution in [0.15, 0.2) is 48.5 Å². The number of nitrogens with zero attached hydrogens (tertiary/aromatic N) is 1. The van der Waals surface area contributed by atoms with Crippen LogP contribution < -0.4 is 5.32 Å². The largest absolute Gasteiger partial charge is 0.381 e. The van der Waals surface area contributed by atoms with Crippen molar-refractivity contribution in [2.45, 2.75) is 33.9 Å². The van der Waals surface area contributed by atoms with Crippen LogP contribution >= 0.6 is 0 Å². The lowest BCUT2D eigenvalue weighted by Crippen LogP contribution is -2.22. The molecule has 0 radical (unpaired) electrons. The molecule has 0 bridgehead atoms. The Labute approximate surface area is 128 Å². The zero-order valence-electron chi connectivity index (χ0n) is 13.4. The van der Waals surface area contributed by atoms with Gasteiger partial charge in [0.2, 0.25) is 0 Å². The van der Waals surface area contributed by atoms with Gasteiger partial charge in [-0.2, -0.15) is 0 Å². The van der Waals surface area contributed by atoms with Crippen LogP contribution in [0.25, 0.3) is 0 Å². The summed E-state index contributed by atoms with van der Waals surface area (Å²) in [7, 11) is 0. The summed E-state index contributed by atoms with van der Waals surface area (Å²) in [6.07, 6.45) is 0. The minimum absolute atomic E-state index is 0.870. The number of benzene rings is 2. The maximum Gasteiger partial charge on any atom is 0.0400 e. The molecular weight excluding hydrogens is 256 g/mol. The maximum absolute atomic E-state index is 3.51. The maximum atomic E-state index is 3.51. The minimum Gasteiger partial charge on any atom is -0.381 e. The summed E-state index contributed by atoms with van der Waals surface area (Å²) < 4.78 is 0. The number of anilines is 1. The fraction of sp³-hybridized carbons (Fsp3) is 0.368. The molecule has 2 rings (SSSR count). The first-order valence-electron chi connectivity index (χ1n) is 7.82. The topological polar surface area (TPSA) is 15.3 Å². The lowest BCUT2D eigenvalue weighted by Gasteiger charge is -2.18. The van der Waals surface area contributed by atoms with Crippen molar-refractivity contribution in [2.24, 2.45) is 0 Å². The molecule has 0 aliphatic heterocycles. The highest BCUT2D eigenvalue weighted by Crippen LogP contribution is 2.14. The minimum atomic E-state index is 0.870. The van der Waals surface area contributed by atoms with Gasteiger partial charge in [-0.05, 0) is 43.3 Å². The smallest absolute Gasteiger partial charge is 0.0400 e. The summed E-state index contributed by atoms with van der Waals surface area (Å²) in [5, 5.41) is 3.51. The van der Waals surface area contributed by atoms with Crippen LogP contribution in [0.1, 0.15) is 30.5 Å². The molecule has 112 valence electrons. The first kappa shape index (κ1) is 15.6. The van der Waals surface area contributed by atoms with Crippen LogP contribution in [0.3, 0.4) is 0 Å². The SMILES string of the molecule is CCN(CC)Cc1cccc(NCc2ccc(C)cc2)c1. The molecule has 0 aromatic heterocycles. The van der Waals surface area contributed by atoms with E-state index in [9.17, 15) is 0 Å². The average Bonchev–Trinajstić information content (AvgIpc) is 2.52. The molecule has 2 aromatic rings. The van der Waals surface area contributed by atoms with E-state index in [4.69, 9.17) is 0 Å². The molecule has 2 nitrogen and oxygen atoms in total. The van der Waals surface area contributed by atoms with Crippen molar-refractivity contribution in [3.63, 3.8) is 0 Å². The van der Waals surface area contributed by atoms with Crippen molar-refractivity contribution in [1.82, 2.24) is 4.90 Å². The van der Waals surface area contributed by atoms with Crippen molar-refractivity contribution >= 4 is 5.69 Å². The second-order valence-electron chi connectivity index (χ2n) is 5.50. The van der Waals surface area contributed by atoms with E-state index in [0.717, 1.165) is 26.2 Å². The molecule has 0 amide bonds. The van der Waals surface area contributed by atoms with E-state index in [0.29, 0.717) is 0 Å². The molecule has 0 aliphatic rings. The highest BCUT2D eigenvalue weighted by molar-refractivity contribution is 5.46. The molecule has 0 aliphatic carbocycles. The Bertz CT molecular complexity index is 542. The van der Waals surface area contributed by atoms with E-state index in [1.54, 1.807) is 0 Å². The van der Waals surface area contributed by atoms with Crippen molar-refractivity contribution in [3.8, 4) is 0 Å². The van der Waals surface area contributed by atoms with E-state index < -0.39 is 0 Å². The molecule has 0 fully saturated rings. The molecule has 0 saturated carbocycles. The predicted molar refractivity (Wildman–Crippen MR) is 91.6 cm³/mol. The highest BCUT2D eigenvalue weighted by Gasteiger charge is 2.02. The summed E-state index contributed by atoms with van der Waals surface area (Å²) >= 11 is 0. The summed E-state index contributed by atoms with van der Waals surface area (Å²) in [5.41, 5.74) is 5.18. The van der Waals surface area contributed by atoms with Crippen LogP contribution in [-0.2, 0) is 13.1 Å². The number of hydrogen-bond donors (Lipinski definition) is 1. The second-order valence-corrected chi connectivity index (χ2v) is 5.50. The van der Waals surface area contributed by atoms with Crippen LogP contribution in [-0.4, -0.2) is 18.0 Å². The number of aryl methyl sites for hydroxylation is 1. The lowest BCUT2D eigenvalue weighted by atomic mass is 10.1. The van der Waals surface area contributed by atoms with Gasteiger partial charge in [0.15, 0.2) is 0 Å². The predicted octanol–water partition coefficient (Wildman–Crippen LogP) is 4.45. The molecule has 21 heavy (non-hydrogen) atoms. The summed E-state index contributed by atoms with van der Waals surface area (Å²) in [6, 6.07) is 17.4. The fourth-order valence-corrected chi connectivity index (χ4v) is 2.40. The standard InChI is InChI=1S/C19H26N2/c1-4-21(5-2)15-18-7-6-8-19(13-18)20-14-17-11-9-16(3)10-12-17/h6-13,20H,4-5,14-15H2,1-3H3.